The molecule has 0 aliphatic carbocycles. The van der Waals surface area contributed by atoms with E-state index in [0.717, 1.165) is 4.47 Å². The molecule has 116 valence electrons. The SMILES string of the molecule is CSC1(C(N)=S)CCN(S(=O)(=O)c2cccc(Br)c2)CC1. The highest BCUT2D eigenvalue weighted by molar-refractivity contribution is 9.10. The van der Waals surface area contributed by atoms with Crippen molar-refractivity contribution in [1.29, 1.82) is 0 Å². The average Bonchev–Trinajstić information content (AvgIpc) is 2.47. The van der Waals surface area contributed by atoms with Crippen molar-refractivity contribution in [2.45, 2.75) is 22.5 Å². The lowest BCUT2D eigenvalue weighted by atomic mass is 9.97. The standard InChI is InChI=1S/C13H17BrN2O2S3/c1-20-13(12(15)19)5-7-16(8-6-13)21(17,18)11-4-2-3-10(14)9-11/h2-4,9H,5-8H2,1H3,(H2,15,19). The number of sulfonamides is 1. The lowest BCUT2D eigenvalue weighted by Gasteiger charge is -2.39. The van der Waals surface area contributed by atoms with Crippen molar-refractivity contribution in [1.82, 2.24) is 4.31 Å². The molecule has 1 aromatic carbocycles. The Labute approximate surface area is 143 Å². The van der Waals surface area contributed by atoms with Crippen LogP contribution in [0, 0.1) is 0 Å². The molecule has 0 amide bonds. The van der Waals surface area contributed by atoms with E-state index in [1.165, 1.54) is 4.31 Å². The predicted molar refractivity (Wildman–Crippen MR) is 95.2 cm³/mol. The van der Waals surface area contributed by atoms with Crippen molar-refractivity contribution in [2.75, 3.05) is 19.3 Å². The van der Waals surface area contributed by atoms with Gasteiger partial charge in [0.15, 0.2) is 0 Å². The summed E-state index contributed by atoms with van der Waals surface area (Å²) in [7, 11) is -3.46. The van der Waals surface area contributed by atoms with Crippen molar-refractivity contribution >= 4 is 54.9 Å². The third kappa shape index (κ3) is 3.44. The Morgan fingerprint density at radius 1 is 1.43 bits per heavy atom. The molecule has 8 heteroatoms. The van der Waals surface area contributed by atoms with Gasteiger partial charge in [0.05, 0.1) is 14.6 Å². The molecule has 1 aliphatic rings. The summed E-state index contributed by atoms with van der Waals surface area (Å²) < 4.78 is 27.3. The van der Waals surface area contributed by atoms with Gasteiger partial charge in [-0.15, -0.1) is 0 Å². The van der Waals surface area contributed by atoms with Gasteiger partial charge in [0, 0.05) is 17.6 Å². The summed E-state index contributed by atoms with van der Waals surface area (Å²) in [6.07, 6.45) is 3.27. The van der Waals surface area contributed by atoms with Crippen LogP contribution in [-0.4, -0.2) is 41.8 Å². The minimum atomic E-state index is -3.46. The van der Waals surface area contributed by atoms with Gasteiger partial charge in [-0.05, 0) is 37.3 Å². The molecule has 0 atom stereocenters. The molecule has 0 spiro atoms. The number of thioether (sulfide) groups is 1. The third-order valence-corrected chi connectivity index (χ3v) is 8.12. The van der Waals surface area contributed by atoms with Gasteiger partial charge in [-0.25, -0.2) is 8.42 Å². The number of hydrogen-bond donors (Lipinski definition) is 1. The molecule has 0 aromatic heterocycles. The zero-order chi connectivity index (χ0) is 15.7. The van der Waals surface area contributed by atoms with E-state index in [-0.39, 0.29) is 4.75 Å². The Hall–Kier alpha value is -0.150. The third-order valence-electron chi connectivity index (χ3n) is 3.80. The number of hydrogen-bond acceptors (Lipinski definition) is 4. The van der Waals surface area contributed by atoms with E-state index in [4.69, 9.17) is 18.0 Å². The number of nitrogens with zero attached hydrogens (tertiary/aromatic N) is 1. The lowest BCUT2D eigenvalue weighted by Crippen LogP contribution is -2.50. The first-order valence-electron chi connectivity index (χ1n) is 6.43. The molecule has 0 bridgehead atoms. The highest BCUT2D eigenvalue weighted by atomic mass is 79.9. The van der Waals surface area contributed by atoms with Crippen LogP contribution in [0.2, 0.25) is 0 Å². The van der Waals surface area contributed by atoms with E-state index in [2.05, 4.69) is 15.9 Å². The molecular formula is C13H17BrN2O2S3. The molecule has 2 N–H and O–H groups in total. The van der Waals surface area contributed by atoms with Gasteiger partial charge >= 0.3 is 0 Å². The minimum absolute atomic E-state index is 0.279. The molecule has 0 saturated carbocycles. The molecule has 4 nitrogen and oxygen atoms in total. The molecule has 1 heterocycles. The molecule has 21 heavy (non-hydrogen) atoms. The molecule has 1 saturated heterocycles. The smallest absolute Gasteiger partial charge is 0.243 e. The van der Waals surface area contributed by atoms with Crippen molar-refractivity contribution in [3.63, 3.8) is 0 Å². The first-order chi connectivity index (χ1) is 9.82. The zero-order valence-electron chi connectivity index (χ0n) is 11.6. The Morgan fingerprint density at radius 3 is 2.52 bits per heavy atom. The van der Waals surface area contributed by atoms with Gasteiger partial charge in [0.1, 0.15) is 0 Å². The van der Waals surface area contributed by atoms with Crippen LogP contribution in [0.15, 0.2) is 33.6 Å². The monoisotopic (exact) mass is 408 g/mol. The fourth-order valence-corrected chi connectivity index (χ4v) is 5.70. The van der Waals surface area contributed by atoms with E-state index >= 15 is 0 Å². The van der Waals surface area contributed by atoms with E-state index in [1.807, 2.05) is 6.26 Å². The number of nitrogens with two attached hydrogens (primary N) is 1. The summed E-state index contributed by atoms with van der Waals surface area (Å²) in [5.41, 5.74) is 5.83. The first kappa shape index (κ1) is 17.2. The van der Waals surface area contributed by atoms with E-state index < -0.39 is 10.0 Å². The molecular weight excluding hydrogens is 392 g/mol. The van der Waals surface area contributed by atoms with Crippen molar-refractivity contribution in [2.24, 2.45) is 5.73 Å². The molecule has 2 rings (SSSR count). The van der Waals surface area contributed by atoms with Crippen LogP contribution in [0.1, 0.15) is 12.8 Å². The molecule has 1 aliphatic heterocycles. The summed E-state index contributed by atoms with van der Waals surface area (Å²) in [6.45, 7) is 0.875. The maximum absolute atomic E-state index is 12.6. The Bertz CT molecular complexity index is 641. The average molecular weight is 409 g/mol. The quantitative estimate of drug-likeness (QED) is 0.775. The van der Waals surface area contributed by atoms with E-state index in [0.29, 0.717) is 35.8 Å². The largest absolute Gasteiger partial charge is 0.392 e. The fourth-order valence-electron chi connectivity index (χ4n) is 2.42. The van der Waals surface area contributed by atoms with E-state index in [1.54, 1.807) is 36.0 Å². The Balaban J connectivity index is 2.20. The topological polar surface area (TPSA) is 63.4 Å². The Kier molecular flexibility index (Phi) is 5.36. The van der Waals surface area contributed by atoms with Crippen LogP contribution in [0.4, 0.5) is 0 Å². The number of piperidine rings is 1. The summed E-state index contributed by atoms with van der Waals surface area (Å²) in [6, 6.07) is 6.77. The van der Waals surface area contributed by atoms with Crippen LogP contribution in [0.25, 0.3) is 0 Å². The zero-order valence-corrected chi connectivity index (χ0v) is 15.6. The number of rotatable bonds is 4. The number of benzene rings is 1. The fraction of sp³-hybridized carbons (Fsp3) is 0.462. The van der Waals surface area contributed by atoms with Gasteiger partial charge in [-0.2, -0.15) is 16.1 Å². The van der Waals surface area contributed by atoms with Gasteiger partial charge in [0.25, 0.3) is 0 Å². The molecule has 0 radical (unpaired) electrons. The number of thiocarbonyl (C=S) groups is 1. The van der Waals surface area contributed by atoms with Crippen molar-refractivity contribution < 1.29 is 8.42 Å². The Morgan fingerprint density at radius 2 is 2.05 bits per heavy atom. The molecule has 1 aromatic rings. The van der Waals surface area contributed by atoms with Crippen LogP contribution < -0.4 is 5.73 Å². The van der Waals surface area contributed by atoms with Gasteiger partial charge in [-0.3, -0.25) is 0 Å². The second-order valence-electron chi connectivity index (χ2n) is 4.92. The maximum atomic E-state index is 12.6. The van der Waals surface area contributed by atoms with E-state index in [9.17, 15) is 8.42 Å². The van der Waals surface area contributed by atoms with Crippen LogP contribution in [0.3, 0.4) is 0 Å². The molecule has 0 unspecified atom stereocenters. The summed E-state index contributed by atoms with van der Waals surface area (Å²) >= 11 is 10.1. The van der Waals surface area contributed by atoms with Crippen LogP contribution in [-0.2, 0) is 10.0 Å². The van der Waals surface area contributed by atoms with Gasteiger partial charge < -0.3 is 5.73 Å². The highest BCUT2D eigenvalue weighted by Gasteiger charge is 2.40. The summed E-state index contributed by atoms with van der Waals surface area (Å²) in [5.74, 6) is 0. The first-order valence-corrected chi connectivity index (χ1v) is 10.3. The summed E-state index contributed by atoms with van der Waals surface area (Å²) in [5, 5.41) is 0. The van der Waals surface area contributed by atoms with Gasteiger partial charge in [-0.1, -0.05) is 34.2 Å². The van der Waals surface area contributed by atoms with Crippen molar-refractivity contribution in [3.05, 3.63) is 28.7 Å². The van der Waals surface area contributed by atoms with Crippen LogP contribution in [0.5, 0.6) is 0 Å². The summed E-state index contributed by atoms with van der Waals surface area (Å²) in [4.78, 5) is 0.776. The second-order valence-corrected chi connectivity index (χ2v) is 9.41. The second kappa shape index (κ2) is 6.54. The van der Waals surface area contributed by atoms with Crippen molar-refractivity contribution in [3.8, 4) is 0 Å². The highest BCUT2D eigenvalue weighted by Crippen LogP contribution is 2.36. The molecule has 1 fully saturated rings. The maximum Gasteiger partial charge on any atom is 0.243 e. The van der Waals surface area contributed by atoms with Crippen LogP contribution >= 0.6 is 39.9 Å². The normalized spacial score (nSPS) is 19.3. The predicted octanol–water partition coefficient (Wildman–Crippen LogP) is 2.62. The van der Waals surface area contributed by atoms with Gasteiger partial charge in [0.2, 0.25) is 10.0 Å². The lowest BCUT2D eigenvalue weighted by molar-refractivity contribution is 0.333. The number of halogens is 1. The minimum Gasteiger partial charge on any atom is -0.392 e.